The van der Waals surface area contributed by atoms with Gasteiger partial charge in [0.15, 0.2) is 5.13 Å². The molecule has 0 aliphatic rings. The highest BCUT2D eigenvalue weighted by molar-refractivity contribution is 7.89. The van der Waals surface area contributed by atoms with Crippen molar-refractivity contribution in [3.8, 4) is 11.3 Å². The third-order valence-electron chi connectivity index (χ3n) is 4.76. The van der Waals surface area contributed by atoms with Gasteiger partial charge in [-0.25, -0.2) is 17.7 Å². The molecular formula is C21H24N4O3S2. The second kappa shape index (κ2) is 8.55. The van der Waals surface area contributed by atoms with E-state index in [1.54, 1.807) is 12.1 Å². The van der Waals surface area contributed by atoms with E-state index in [-0.39, 0.29) is 10.5 Å². The number of allylic oxidation sites excluding steroid dienone is 1. The molecule has 0 bridgehead atoms. The van der Waals surface area contributed by atoms with Crippen LogP contribution in [0.5, 0.6) is 0 Å². The van der Waals surface area contributed by atoms with Gasteiger partial charge < -0.3 is 4.57 Å². The number of nitrogens with one attached hydrogen (secondary N) is 1. The van der Waals surface area contributed by atoms with Gasteiger partial charge in [-0.1, -0.05) is 12.1 Å². The van der Waals surface area contributed by atoms with Crippen molar-refractivity contribution in [1.82, 2.24) is 13.9 Å². The Kier molecular flexibility index (Phi) is 6.25. The number of rotatable bonds is 7. The molecule has 3 rings (SSSR count). The van der Waals surface area contributed by atoms with Crippen LogP contribution in [0.4, 0.5) is 5.13 Å². The van der Waals surface area contributed by atoms with Gasteiger partial charge in [-0.05, 0) is 38.1 Å². The van der Waals surface area contributed by atoms with Crippen molar-refractivity contribution in [1.29, 1.82) is 0 Å². The summed E-state index contributed by atoms with van der Waals surface area (Å²) in [7, 11) is -0.719. The molecule has 0 saturated carbocycles. The lowest BCUT2D eigenvalue weighted by Crippen LogP contribution is -2.22. The predicted octanol–water partition coefficient (Wildman–Crippen LogP) is 3.92. The number of aryl methyl sites for hydroxylation is 1. The molecule has 1 N–H and O–H groups in total. The van der Waals surface area contributed by atoms with E-state index in [4.69, 9.17) is 0 Å². The molecule has 30 heavy (non-hydrogen) atoms. The zero-order valence-electron chi connectivity index (χ0n) is 17.3. The maximum Gasteiger partial charge on any atom is 0.257 e. The van der Waals surface area contributed by atoms with E-state index < -0.39 is 15.9 Å². The first-order chi connectivity index (χ1) is 14.1. The summed E-state index contributed by atoms with van der Waals surface area (Å²) in [6.45, 7) is 8.57. The summed E-state index contributed by atoms with van der Waals surface area (Å²) >= 11 is 1.32. The molecule has 0 aliphatic carbocycles. The molecule has 0 aliphatic heterocycles. The van der Waals surface area contributed by atoms with Gasteiger partial charge in [0.05, 0.1) is 10.6 Å². The van der Waals surface area contributed by atoms with Gasteiger partial charge in [-0.2, -0.15) is 0 Å². The van der Waals surface area contributed by atoms with Crippen molar-refractivity contribution < 1.29 is 13.2 Å². The normalized spacial score (nSPS) is 11.6. The van der Waals surface area contributed by atoms with Crippen molar-refractivity contribution in [3.05, 3.63) is 65.3 Å². The fourth-order valence-corrected chi connectivity index (χ4v) is 4.76. The van der Waals surface area contributed by atoms with Gasteiger partial charge in [0, 0.05) is 48.5 Å². The molecule has 2 aromatic heterocycles. The zero-order chi connectivity index (χ0) is 22.1. The Morgan fingerprint density at radius 2 is 2.03 bits per heavy atom. The summed E-state index contributed by atoms with van der Waals surface area (Å²) in [5.41, 5.74) is 4.23. The lowest BCUT2D eigenvalue weighted by molar-refractivity contribution is 0.102. The fraction of sp³-hybridized carbons (Fsp3) is 0.238. The van der Waals surface area contributed by atoms with Crippen LogP contribution in [0.3, 0.4) is 0 Å². The number of hydrogen-bond acceptors (Lipinski definition) is 5. The minimum atomic E-state index is -3.62. The first kappa shape index (κ1) is 21.9. The molecular weight excluding hydrogens is 420 g/mol. The Morgan fingerprint density at radius 1 is 1.30 bits per heavy atom. The Hall–Kier alpha value is -2.75. The number of thiazole rings is 1. The van der Waals surface area contributed by atoms with Gasteiger partial charge in [0.25, 0.3) is 5.91 Å². The first-order valence-electron chi connectivity index (χ1n) is 9.22. The topological polar surface area (TPSA) is 84.3 Å². The lowest BCUT2D eigenvalue weighted by Gasteiger charge is -2.12. The highest BCUT2D eigenvalue weighted by Gasteiger charge is 2.19. The maximum atomic E-state index is 12.7. The molecule has 0 saturated heterocycles. The quantitative estimate of drug-likeness (QED) is 0.560. The van der Waals surface area contributed by atoms with Crippen LogP contribution >= 0.6 is 11.3 Å². The molecule has 0 atom stereocenters. The highest BCUT2D eigenvalue weighted by atomic mass is 32.2. The molecule has 3 aromatic rings. The van der Waals surface area contributed by atoms with Crippen LogP contribution in [-0.4, -0.2) is 42.3 Å². The van der Waals surface area contributed by atoms with Crippen molar-refractivity contribution >= 4 is 32.4 Å². The minimum absolute atomic E-state index is 0.0645. The van der Waals surface area contributed by atoms with Crippen LogP contribution in [-0.2, 0) is 16.6 Å². The van der Waals surface area contributed by atoms with E-state index in [9.17, 15) is 13.2 Å². The van der Waals surface area contributed by atoms with E-state index in [1.165, 1.54) is 37.6 Å². The smallest absolute Gasteiger partial charge is 0.257 e. The van der Waals surface area contributed by atoms with Crippen LogP contribution in [0.15, 0.2) is 53.3 Å². The number of carbonyl (C=O) groups is 1. The third-order valence-corrected chi connectivity index (χ3v) is 7.33. The third kappa shape index (κ3) is 4.23. The summed E-state index contributed by atoms with van der Waals surface area (Å²) in [6.07, 6.45) is 1.85. The van der Waals surface area contributed by atoms with Gasteiger partial charge in [0.1, 0.15) is 0 Å². The number of hydrogen-bond donors (Lipinski definition) is 1. The number of sulfonamides is 1. The number of anilines is 1. The van der Waals surface area contributed by atoms with Crippen molar-refractivity contribution in [2.45, 2.75) is 25.3 Å². The molecule has 0 radical (unpaired) electrons. The Morgan fingerprint density at radius 3 is 2.70 bits per heavy atom. The lowest BCUT2D eigenvalue weighted by atomic mass is 10.2. The van der Waals surface area contributed by atoms with Gasteiger partial charge in [-0.3, -0.25) is 10.1 Å². The van der Waals surface area contributed by atoms with Crippen molar-refractivity contribution in [2.24, 2.45) is 0 Å². The SMILES string of the molecule is C=CCn1c(C)cc(-c2csc(NC(=O)c3cccc(S(=O)(=O)N(C)C)c3)n2)c1C. The molecule has 0 unspecified atom stereocenters. The second-order valence-electron chi connectivity index (χ2n) is 6.99. The molecule has 7 nitrogen and oxygen atoms in total. The highest BCUT2D eigenvalue weighted by Crippen LogP contribution is 2.30. The van der Waals surface area contributed by atoms with Gasteiger partial charge in [-0.15, -0.1) is 17.9 Å². The summed E-state index contributed by atoms with van der Waals surface area (Å²) < 4.78 is 27.9. The van der Waals surface area contributed by atoms with E-state index >= 15 is 0 Å². The van der Waals surface area contributed by atoms with Crippen molar-refractivity contribution in [2.75, 3.05) is 19.4 Å². The van der Waals surface area contributed by atoms with Crippen LogP contribution < -0.4 is 5.32 Å². The molecule has 1 amide bonds. The predicted molar refractivity (Wildman–Crippen MR) is 120 cm³/mol. The van der Waals surface area contributed by atoms with E-state index in [0.717, 1.165) is 33.5 Å². The molecule has 0 fully saturated rings. The maximum absolute atomic E-state index is 12.7. The number of nitrogens with zero attached hydrogens (tertiary/aromatic N) is 3. The Labute approximate surface area is 180 Å². The summed E-state index contributed by atoms with van der Waals surface area (Å²) in [5, 5.41) is 5.10. The number of aromatic nitrogens is 2. The average Bonchev–Trinajstić information content (AvgIpc) is 3.27. The van der Waals surface area contributed by atoms with E-state index in [1.807, 2.05) is 25.3 Å². The van der Waals surface area contributed by atoms with Crippen LogP contribution in [0.2, 0.25) is 0 Å². The fourth-order valence-electron chi connectivity index (χ4n) is 3.10. The van der Waals surface area contributed by atoms with E-state index in [2.05, 4.69) is 27.5 Å². The van der Waals surface area contributed by atoms with Crippen molar-refractivity contribution in [3.63, 3.8) is 0 Å². The van der Waals surface area contributed by atoms with Gasteiger partial charge >= 0.3 is 0 Å². The zero-order valence-corrected chi connectivity index (χ0v) is 19.0. The number of benzene rings is 1. The average molecular weight is 445 g/mol. The summed E-state index contributed by atoms with van der Waals surface area (Å²) in [5.74, 6) is -0.413. The molecule has 158 valence electrons. The molecule has 0 spiro atoms. The Bertz CT molecular complexity index is 1210. The monoisotopic (exact) mass is 444 g/mol. The molecule has 9 heteroatoms. The van der Waals surface area contributed by atoms with E-state index in [0.29, 0.717) is 5.13 Å². The minimum Gasteiger partial charge on any atom is -0.345 e. The van der Waals surface area contributed by atoms with Crippen LogP contribution in [0.25, 0.3) is 11.3 Å². The largest absolute Gasteiger partial charge is 0.345 e. The van der Waals surface area contributed by atoms with Gasteiger partial charge in [0.2, 0.25) is 10.0 Å². The number of amides is 1. The van der Waals surface area contributed by atoms with Crippen LogP contribution in [0.1, 0.15) is 21.7 Å². The second-order valence-corrected chi connectivity index (χ2v) is 10.0. The summed E-state index contributed by atoms with van der Waals surface area (Å²) in [4.78, 5) is 17.3. The molecule has 1 aromatic carbocycles. The standard InChI is InChI=1S/C21H24N4O3S2/c1-6-10-25-14(2)11-18(15(25)3)19-13-29-21(22-19)23-20(26)16-8-7-9-17(12-16)30(27,28)24(4)5/h6-9,11-13H,1,10H2,2-5H3,(H,22,23,26). The first-order valence-corrected chi connectivity index (χ1v) is 11.5. The Balaban J connectivity index is 1.83. The number of carbonyl (C=O) groups excluding carboxylic acids is 1. The summed E-state index contributed by atoms with van der Waals surface area (Å²) in [6, 6.07) is 8.01. The van der Waals surface area contributed by atoms with Crippen LogP contribution in [0, 0.1) is 13.8 Å². The molecule has 2 heterocycles.